The summed E-state index contributed by atoms with van der Waals surface area (Å²) in [6.07, 6.45) is 5.89. The molecule has 4 fully saturated rings. The van der Waals surface area contributed by atoms with E-state index in [4.69, 9.17) is 4.74 Å². The molecule has 306 valence electrons. The maximum absolute atomic E-state index is 13.2. The first-order chi connectivity index (χ1) is 28.7. The molecular weight excluding hydrogens is 739 g/mol. The Balaban J connectivity index is 0.730. The highest BCUT2D eigenvalue weighted by Gasteiger charge is 2.44. The molecule has 0 saturated carbocycles. The van der Waals surface area contributed by atoms with Crippen LogP contribution in [0.4, 0.5) is 11.4 Å². The first-order valence-corrected chi connectivity index (χ1v) is 21.8. The van der Waals surface area contributed by atoms with Crippen LogP contribution in [0.15, 0.2) is 91.0 Å². The van der Waals surface area contributed by atoms with Crippen molar-refractivity contribution in [3.63, 3.8) is 0 Å². The maximum Gasteiger partial charge on any atom is 0.255 e. The summed E-state index contributed by atoms with van der Waals surface area (Å²) in [5, 5.41) is 12.7. The first-order valence-electron chi connectivity index (χ1n) is 21.8. The lowest BCUT2D eigenvalue weighted by atomic mass is 9.69. The highest BCUT2D eigenvalue weighted by Crippen LogP contribution is 2.47. The third-order valence-electron chi connectivity index (χ3n) is 14.5. The van der Waals surface area contributed by atoms with Crippen molar-refractivity contribution in [3.8, 4) is 5.75 Å². The Morgan fingerprint density at radius 2 is 1.59 bits per heavy atom. The fourth-order valence-electron chi connectivity index (χ4n) is 11.4. The van der Waals surface area contributed by atoms with Crippen LogP contribution in [0.5, 0.6) is 5.75 Å². The number of amides is 3. The Hall–Kier alpha value is -5.19. The highest BCUT2D eigenvalue weighted by molar-refractivity contribution is 6.05. The number of aromatic hydroxyl groups is 1. The van der Waals surface area contributed by atoms with Crippen molar-refractivity contribution in [2.24, 2.45) is 5.92 Å². The average molecular weight is 794 g/mol. The number of hydrogen-bond acceptors (Lipinski definition) is 8. The predicted molar refractivity (Wildman–Crippen MR) is 228 cm³/mol. The number of ether oxygens (including phenoxy) is 1. The van der Waals surface area contributed by atoms with Gasteiger partial charge in [0.1, 0.15) is 11.8 Å². The van der Waals surface area contributed by atoms with E-state index in [9.17, 15) is 19.5 Å². The van der Waals surface area contributed by atoms with Crippen molar-refractivity contribution in [2.45, 2.75) is 87.9 Å². The van der Waals surface area contributed by atoms with Crippen LogP contribution in [0.3, 0.4) is 0 Å². The van der Waals surface area contributed by atoms with Crippen LogP contribution in [-0.2, 0) is 27.3 Å². The summed E-state index contributed by atoms with van der Waals surface area (Å²) in [7, 11) is 0. The lowest BCUT2D eigenvalue weighted by molar-refractivity contribution is -0.136. The zero-order valence-electron chi connectivity index (χ0n) is 34.0. The van der Waals surface area contributed by atoms with Gasteiger partial charge in [-0.25, -0.2) is 0 Å². The van der Waals surface area contributed by atoms with Crippen LogP contribution in [0.25, 0.3) is 0 Å². The van der Waals surface area contributed by atoms with Crippen LogP contribution in [0.1, 0.15) is 95.5 Å². The van der Waals surface area contributed by atoms with Gasteiger partial charge in [0.15, 0.2) is 0 Å². The Kier molecular flexibility index (Phi) is 9.96. The molecule has 1 aliphatic carbocycles. The van der Waals surface area contributed by atoms with E-state index in [2.05, 4.69) is 99.7 Å². The van der Waals surface area contributed by atoms with Crippen LogP contribution in [0, 0.1) is 5.92 Å². The fraction of sp³-hybridized carbons (Fsp3) is 0.449. The number of phenolic OH excluding ortho intramolecular Hbond substituents is 1. The highest BCUT2D eigenvalue weighted by atomic mass is 16.5. The molecule has 0 bridgehead atoms. The molecule has 4 saturated heterocycles. The summed E-state index contributed by atoms with van der Waals surface area (Å²) in [6, 6.07) is 32.0. The summed E-state index contributed by atoms with van der Waals surface area (Å²) in [4.78, 5) is 46.7. The van der Waals surface area contributed by atoms with E-state index in [1.165, 1.54) is 27.9 Å². The van der Waals surface area contributed by atoms with Crippen LogP contribution >= 0.6 is 0 Å². The third kappa shape index (κ3) is 7.28. The average Bonchev–Trinajstić information content (AvgIpc) is 3.79. The van der Waals surface area contributed by atoms with E-state index in [1.54, 1.807) is 4.90 Å². The minimum absolute atomic E-state index is 0.0294. The molecule has 0 radical (unpaired) electrons. The van der Waals surface area contributed by atoms with E-state index < -0.39 is 6.04 Å². The standard InChI is InChI=1S/C49H55N5O5/c1-32-28-51(23-24-53(32)39-12-15-43-37(25-39)30-54(48(43)58)44-17-18-45(56)50-47(44)57)29-33-27-49(59-31-33)19-21-52(22-20-49)38-10-7-35(8-11-38)46-41(34-5-3-2-4-6-34)14-9-36-26-40(55)13-16-42(36)46/h2-8,10-13,15-16,25-26,32-33,41,44,46,55H,9,14,17-24,27-31H2,1H3,(H,50,56,57)/t32-,33+,41-,44?,46+/m0/s1. The first kappa shape index (κ1) is 38.0. The Bertz CT molecular complexity index is 2240. The number of imide groups is 1. The van der Waals surface area contributed by atoms with Gasteiger partial charge in [-0.3, -0.25) is 24.6 Å². The second-order valence-corrected chi connectivity index (χ2v) is 18.1. The number of piperidine rings is 2. The van der Waals surface area contributed by atoms with Gasteiger partial charge in [0, 0.05) is 81.1 Å². The molecule has 1 unspecified atom stereocenters. The molecule has 0 aromatic heterocycles. The molecule has 6 aliphatic rings. The Morgan fingerprint density at radius 3 is 2.37 bits per heavy atom. The van der Waals surface area contributed by atoms with Gasteiger partial charge in [0.05, 0.1) is 12.2 Å². The van der Waals surface area contributed by atoms with Gasteiger partial charge >= 0.3 is 0 Å². The van der Waals surface area contributed by atoms with Crippen LogP contribution < -0.4 is 15.1 Å². The van der Waals surface area contributed by atoms with Crippen molar-refractivity contribution in [3.05, 3.63) is 124 Å². The summed E-state index contributed by atoms with van der Waals surface area (Å²) in [6.45, 7) is 9.44. The zero-order valence-corrected chi connectivity index (χ0v) is 34.0. The van der Waals surface area contributed by atoms with E-state index in [0.29, 0.717) is 42.2 Å². The van der Waals surface area contributed by atoms with Gasteiger partial charge in [0.2, 0.25) is 11.8 Å². The van der Waals surface area contributed by atoms with Crippen LogP contribution in [-0.4, -0.2) is 96.2 Å². The number of piperazine rings is 1. The summed E-state index contributed by atoms with van der Waals surface area (Å²) >= 11 is 0. The van der Waals surface area contributed by atoms with E-state index in [-0.39, 0.29) is 35.7 Å². The van der Waals surface area contributed by atoms with E-state index >= 15 is 0 Å². The molecule has 4 aromatic carbocycles. The molecule has 5 atom stereocenters. The molecule has 59 heavy (non-hydrogen) atoms. The van der Waals surface area contributed by atoms with Crippen molar-refractivity contribution >= 4 is 29.1 Å². The largest absolute Gasteiger partial charge is 0.508 e. The molecule has 1 spiro atoms. The molecular formula is C49H55N5O5. The molecule has 3 amide bonds. The number of carbonyl (C=O) groups is 3. The molecule has 5 aliphatic heterocycles. The number of hydrogen-bond donors (Lipinski definition) is 2. The number of phenols is 1. The van der Waals surface area contributed by atoms with Crippen molar-refractivity contribution < 1.29 is 24.2 Å². The normalized spacial score (nSPS) is 26.9. The number of anilines is 2. The quantitative estimate of drug-likeness (QED) is 0.202. The van der Waals surface area contributed by atoms with E-state index in [1.807, 2.05) is 18.2 Å². The monoisotopic (exact) mass is 793 g/mol. The molecule has 2 N–H and O–H groups in total. The van der Waals surface area contributed by atoms with Gasteiger partial charge in [0.25, 0.3) is 5.91 Å². The van der Waals surface area contributed by atoms with Gasteiger partial charge in [-0.1, -0.05) is 48.5 Å². The maximum atomic E-state index is 13.2. The number of aryl methyl sites for hydroxylation is 1. The number of carbonyl (C=O) groups excluding carboxylic acids is 3. The number of fused-ring (bicyclic) bond motifs is 2. The summed E-state index contributed by atoms with van der Waals surface area (Å²) < 4.78 is 6.69. The number of nitrogens with one attached hydrogen (secondary N) is 1. The molecule has 10 rings (SSSR count). The van der Waals surface area contributed by atoms with Crippen molar-refractivity contribution in [1.29, 1.82) is 0 Å². The molecule has 10 nitrogen and oxygen atoms in total. The number of benzene rings is 4. The number of nitrogens with zero attached hydrogens (tertiary/aromatic N) is 4. The lowest BCUT2D eigenvalue weighted by Crippen LogP contribution is -2.53. The van der Waals surface area contributed by atoms with Crippen molar-refractivity contribution in [1.82, 2.24) is 15.1 Å². The minimum atomic E-state index is -0.597. The molecule has 4 aromatic rings. The molecule has 10 heteroatoms. The summed E-state index contributed by atoms with van der Waals surface area (Å²) in [5.41, 5.74) is 9.29. The van der Waals surface area contributed by atoms with Gasteiger partial charge in [-0.05, 0) is 128 Å². The second kappa shape index (κ2) is 15.4. The van der Waals surface area contributed by atoms with Crippen LogP contribution in [0.2, 0.25) is 0 Å². The lowest BCUT2D eigenvalue weighted by Gasteiger charge is -2.42. The fourth-order valence-corrected chi connectivity index (χ4v) is 11.4. The Morgan fingerprint density at radius 1 is 0.797 bits per heavy atom. The SMILES string of the molecule is C[C@H]1CN(C[C@@H]2COC3(CCN(c4ccc([C@H]5c6ccc(O)cc6CC[C@H]5c5ccccc5)cc4)CC3)C2)CCN1c1ccc2c(c1)CN(C1CCC(=O)NC1=O)C2=O. The number of rotatable bonds is 7. The van der Waals surface area contributed by atoms with E-state index in [0.717, 1.165) is 89.2 Å². The van der Waals surface area contributed by atoms with Crippen molar-refractivity contribution in [2.75, 3.05) is 55.7 Å². The predicted octanol–water partition coefficient (Wildman–Crippen LogP) is 6.60. The summed E-state index contributed by atoms with van der Waals surface area (Å²) in [5.74, 6) is 0.754. The van der Waals surface area contributed by atoms with Gasteiger partial charge in [-0.15, -0.1) is 0 Å². The smallest absolute Gasteiger partial charge is 0.255 e. The van der Waals surface area contributed by atoms with Gasteiger partial charge < -0.3 is 24.5 Å². The van der Waals surface area contributed by atoms with Gasteiger partial charge in [-0.2, -0.15) is 0 Å². The minimum Gasteiger partial charge on any atom is -0.508 e. The zero-order chi connectivity index (χ0) is 40.3. The third-order valence-corrected chi connectivity index (χ3v) is 14.5. The second-order valence-electron chi connectivity index (χ2n) is 18.1. The Labute approximate surface area is 347 Å². The topological polar surface area (TPSA) is 106 Å². The molecule has 5 heterocycles.